The summed E-state index contributed by atoms with van der Waals surface area (Å²) < 4.78 is 8.25. The van der Waals surface area contributed by atoms with E-state index in [-0.39, 0.29) is 0 Å². The van der Waals surface area contributed by atoms with Crippen LogP contribution in [0.4, 0.5) is 0 Å². The minimum Gasteiger partial charge on any atom is -0.414 e. The zero-order valence-electron chi connectivity index (χ0n) is 10.2. The molecule has 0 aromatic carbocycles. The van der Waals surface area contributed by atoms with E-state index in [1.807, 2.05) is 0 Å². The van der Waals surface area contributed by atoms with E-state index in [2.05, 4.69) is 73.5 Å². The maximum absolute atomic E-state index is 6.19. The number of hydrogen-bond donors (Lipinski definition) is 0. The fourth-order valence-corrected chi connectivity index (χ4v) is 2.72. The molecule has 0 radical (unpaired) electrons. The van der Waals surface area contributed by atoms with E-state index in [4.69, 9.17) is 4.43 Å². The summed E-state index contributed by atoms with van der Waals surface area (Å²) in [6.45, 7) is 13.6. The van der Waals surface area contributed by atoms with Crippen LogP contribution in [0.1, 0.15) is 34.1 Å². The Balaban J connectivity index is 4.22. The van der Waals surface area contributed by atoms with Crippen molar-refractivity contribution in [3.63, 3.8) is 0 Å². The van der Waals surface area contributed by atoms with Crippen molar-refractivity contribution in [2.24, 2.45) is 0 Å². The summed E-state index contributed by atoms with van der Waals surface area (Å²) >= 11 is 2.25. The monoisotopic (exact) mass is 326 g/mol. The second-order valence-electron chi connectivity index (χ2n) is 5.29. The molecule has 14 heavy (non-hydrogen) atoms. The van der Waals surface area contributed by atoms with E-state index in [1.54, 1.807) is 0 Å². The first-order valence-electron chi connectivity index (χ1n) is 5.14. The van der Waals surface area contributed by atoms with Crippen LogP contribution >= 0.6 is 22.6 Å². The molecule has 0 amide bonds. The second-order valence-corrected chi connectivity index (χ2v) is 10.8. The first-order valence-corrected chi connectivity index (χ1v) is 9.29. The zero-order chi connectivity index (χ0) is 11.4. The highest BCUT2D eigenvalue weighted by Crippen LogP contribution is 2.37. The van der Waals surface area contributed by atoms with Crippen LogP contribution in [0, 0.1) is 0 Å². The molecule has 0 heterocycles. The first kappa shape index (κ1) is 14.6. The average Bonchev–Trinajstić information content (AvgIpc) is 1.97. The minimum absolute atomic E-state index is 0.315. The summed E-state index contributed by atoms with van der Waals surface area (Å²) in [5.74, 6) is 0. The van der Waals surface area contributed by atoms with Gasteiger partial charge in [0, 0.05) is 6.10 Å². The highest BCUT2D eigenvalue weighted by Gasteiger charge is 2.38. The summed E-state index contributed by atoms with van der Waals surface area (Å²) in [5.41, 5.74) is 0. The lowest BCUT2D eigenvalue weighted by atomic mass is 10.2. The molecule has 1 nitrogen and oxygen atoms in total. The quantitative estimate of drug-likeness (QED) is 0.536. The van der Waals surface area contributed by atoms with Crippen LogP contribution in [-0.2, 0) is 4.43 Å². The molecule has 0 unspecified atom stereocenters. The Labute approximate surface area is 104 Å². The van der Waals surface area contributed by atoms with Crippen LogP contribution in [-0.4, -0.2) is 14.4 Å². The third-order valence-electron chi connectivity index (χ3n) is 2.86. The van der Waals surface area contributed by atoms with Gasteiger partial charge < -0.3 is 4.43 Å². The fourth-order valence-electron chi connectivity index (χ4n) is 0.971. The Morgan fingerprint density at radius 3 is 2.21 bits per heavy atom. The molecule has 0 saturated carbocycles. The predicted molar refractivity (Wildman–Crippen MR) is 75.5 cm³/mol. The molecule has 0 N–H and O–H groups in total. The lowest BCUT2D eigenvalue weighted by Crippen LogP contribution is -2.43. The van der Waals surface area contributed by atoms with E-state index in [1.165, 1.54) is 0 Å². The van der Waals surface area contributed by atoms with Gasteiger partial charge in [0.05, 0.1) is 0 Å². The van der Waals surface area contributed by atoms with Gasteiger partial charge in [0.1, 0.15) is 0 Å². The van der Waals surface area contributed by atoms with Gasteiger partial charge in [-0.05, 0) is 35.6 Å². The van der Waals surface area contributed by atoms with Crippen LogP contribution in [0.15, 0.2) is 10.2 Å². The molecular formula is C11H23IOSi. The lowest BCUT2D eigenvalue weighted by Gasteiger charge is -2.38. The molecule has 1 atom stereocenters. The molecular weight excluding hydrogens is 303 g/mol. The maximum Gasteiger partial charge on any atom is 0.192 e. The largest absolute Gasteiger partial charge is 0.414 e. The van der Waals surface area contributed by atoms with Crippen molar-refractivity contribution in [1.82, 2.24) is 0 Å². The molecule has 0 aliphatic carbocycles. The van der Waals surface area contributed by atoms with Gasteiger partial charge in [-0.15, -0.1) is 0 Å². The maximum atomic E-state index is 6.19. The van der Waals surface area contributed by atoms with Crippen LogP contribution in [0.2, 0.25) is 18.1 Å². The van der Waals surface area contributed by atoms with Crippen molar-refractivity contribution in [3.8, 4) is 0 Å². The molecule has 0 aromatic rings. The van der Waals surface area contributed by atoms with Gasteiger partial charge in [0.25, 0.3) is 0 Å². The van der Waals surface area contributed by atoms with Crippen molar-refractivity contribution < 1.29 is 4.43 Å². The Morgan fingerprint density at radius 1 is 1.36 bits per heavy atom. The van der Waals surface area contributed by atoms with Gasteiger partial charge in [0.15, 0.2) is 8.32 Å². The molecule has 0 aliphatic heterocycles. The van der Waals surface area contributed by atoms with Gasteiger partial charge >= 0.3 is 0 Å². The van der Waals surface area contributed by atoms with Crippen LogP contribution < -0.4 is 0 Å². The van der Waals surface area contributed by atoms with Crippen molar-refractivity contribution in [3.05, 3.63) is 10.2 Å². The third-order valence-corrected chi connectivity index (χ3v) is 7.97. The van der Waals surface area contributed by atoms with Crippen LogP contribution in [0.3, 0.4) is 0 Å². The number of halogens is 1. The van der Waals surface area contributed by atoms with Crippen molar-refractivity contribution in [2.75, 3.05) is 0 Å². The molecule has 0 aliphatic rings. The van der Waals surface area contributed by atoms with E-state index in [9.17, 15) is 0 Å². The summed E-state index contributed by atoms with van der Waals surface area (Å²) in [7, 11) is -1.55. The molecule has 0 fully saturated rings. The van der Waals surface area contributed by atoms with E-state index in [0.717, 1.165) is 6.42 Å². The molecule has 3 heteroatoms. The average molecular weight is 326 g/mol. The fraction of sp³-hybridized carbons (Fsp3) is 0.818. The smallest absolute Gasteiger partial charge is 0.192 e. The van der Waals surface area contributed by atoms with Gasteiger partial charge in [-0.1, -0.05) is 49.4 Å². The number of rotatable bonds is 4. The number of hydrogen-bond acceptors (Lipinski definition) is 1. The van der Waals surface area contributed by atoms with E-state index < -0.39 is 8.32 Å². The molecule has 0 bridgehead atoms. The molecule has 0 rings (SSSR count). The van der Waals surface area contributed by atoms with Crippen molar-refractivity contribution >= 4 is 30.9 Å². The Hall–Kier alpha value is 0.647. The van der Waals surface area contributed by atoms with Crippen LogP contribution in [0.5, 0.6) is 0 Å². The van der Waals surface area contributed by atoms with Gasteiger partial charge in [-0.25, -0.2) is 0 Å². The first-order chi connectivity index (χ1) is 6.20. The van der Waals surface area contributed by atoms with E-state index >= 15 is 0 Å². The highest BCUT2D eigenvalue weighted by molar-refractivity contribution is 14.1. The zero-order valence-corrected chi connectivity index (χ0v) is 13.4. The summed E-state index contributed by atoms with van der Waals surface area (Å²) in [6.07, 6.45) is 3.54. The third kappa shape index (κ3) is 4.93. The summed E-state index contributed by atoms with van der Waals surface area (Å²) in [4.78, 5) is 0. The van der Waals surface area contributed by atoms with Crippen LogP contribution in [0.25, 0.3) is 0 Å². The SMILES string of the molecule is C[C@@H](C/C=C/I)O[Si](C)(C)C(C)(C)C. The summed E-state index contributed by atoms with van der Waals surface area (Å²) in [5, 5.41) is 0.315. The molecule has 84 valence electrons. The standard InChI is InChI=1S/C11H23IOSi/c1-10(8-7-9-12)13-14(5,6)11(2,3)4/h7,9-10H,8H2,1-6H3/b9-7+/t10-/m0/s1. The molecule has 0 spiro atoms. The predicted octanol–water partition coefficient (Wildman–Crippen LogP) is 4.74. The van der Waals surface area contributed by atoms with Gasteiger partial charge in [0.2, 0.25) is 0 Å². The van der Waals surface area contributed by atoms with Crippen molar-refractivity contribution in [1.29, 1.82) is 0 Å². The Bertz CT molecular complexity index is 194. The Morgan fingerprint density at radius 2 is 1.86 bits per heavy atom. The lowest BCUT2D eigenvalue weighted by molar-refractivity contribution is 0.202. The van der Waals surface area contributed by atoms with Gasteiger partial charge in [-0.2, -0.15) is 0 Å². The molecule has 0 aromatic heterocycles. The molecule has 0 saturated heterocycles. The second kappa shape index (κ2) is 5.65. The van der Waals surface area contributed by atoms with E-state index in [0.29, 0.717) is 11.1 Å². The van der Waals surface area contributed by atoms with Gasteiger partial charge in [-0.3, -0.25) is 0 Å². The highest BCUT2D eigenvalue weighted by atomic mass is 127. The minimum atomic E-state index is -1.55. The summed E-state index contributed by atoms with van der Waals surface area (Å²) in [6, 6.07) is 0. The Kier molecular flexibility index (Phi) is 5.92. The normalized spacial score (nSPS) is 16.2. The topological polar surface area (TPSA) is 9.23 Å². The van der Waals surface area contributed by atoms with Crippen molar-refractivity contribution in [2.45, 2.75) is 58.4 Å².